The fraction of sp³-hybridized carbons (Fsp3) is 0.400. The molecule has 20 heavy (non-hydrogen) atoms. The molecule has 1 aromatic heterocycles. The average Bonchev–Trinajstić information content (AvgIpc) is 2.88. The predicted molar refractivity (Wildman–Crippen MR) is 87.2 cm³/mol. The van der Waals surface area contributed by atoms with Crippen LogP contribution in [0.5, 0.6) is 0 Å². The molecule has 0 aliphatic heterocycles. The van der Waals surface area contributed by atoms with Crippen LogP contribution in [-0.2, 0) is 18.9 Å². The molecule has 0 saturated heterocycles. The quantitative estimate of drug-likeness (QED) is 0.660. The highest BCUT2D eigenvalue weighted by Gasteiger charge is 2.32. The lowest BCUT2D eigenvalue weighted by Gasteiger charge is -2.31. The van der Waals surface area contributed by atoms with Crippen LogP contribution in [0.25, 0.3) is 0 Å². The smallest absolute Gasteiger partial charge is 0.127 e. The Labute approximate surface area is 135 Å². The minimum absolute atomic E-state index is 0.141. The number of aryl methyl sites for hydroxylation is 2. The molecule has 1 heterocycles. The second-order valence-electron chi connectivity index (χ2n) is 5.05. The van der Waals surface area contributed by atoms with Gasteiger partial charge in [0, 0.05) is 29.3 Å². The summed E-state index contributed by atoms with van der Waals surface area (Å²) in [7, 11) is 1.91. The zero-order valence-electron chi connectivity index (χ0n) is 11.3. The van der Waals surface area contributed by atoms with Crippen LogP contribution in [0, 0.1) is 5.82 Å². The zero-order valence-corrected chi connectivity index (χ0v) is 14.5. The van der Waals surface area contributed by atoms with E-state index in [1.807, 2.05) is 31.6 Å². The molecule has 0 fully saturated rings. The minimum atomic E-state index is -0.249. The van der Waals surface area contributed by atoms with Crippen molar-refractivity contribution in [3.8, 4) is 0 Å². The van der Waals surface area contributed by atoms with Gasteiger partial charge in [-0.3, -0.25) is 4.68 Å². The van der Waals surface area contributed by atoms with Gasteiger partial charge in [0.25, 0.3) is 0 Å². The highest BCUT2D eigenvalue weighted by atomic mass is 79.9. The standard InChI is InChI=1S/C15H17Br2FN2/c1-20-9-12(8-19-20)6-7-15(10-16,11-17)13-4-2-3-5-14(13)18/h2-5,8-9H,6-7,10-11H2,1H3. The van der Waals surface area contributed by atoms with E-state index in [4.69, 9.17) is 0 Å². The molecule has 0 N–H and O–H groups in total. The molecular formula is C15H17Br2FN2. The lowest BCUT2D eigenvalue weighted by atomic mass is 9.79. The molecule has 0 aliphatic rings. The summed E-state index contributed by atoms with van der Waals surface area (Å²) in [5.74, 6) is -0.141. The maximum Gasteiger partial charge on any atom is 0.127 e. The van der Waals surface area contributed by atoms with Gasteiger partial charge in [0.2, 0.25) is 0 Å². The first-order chi connectivity index (χ1) is 9.61. The third-order valence-electron chi connectivity index (χ3n) is 3.61. The van der Waals surface area contributed by atoms with Crippen molar-refractivity contribution in [2.24, 2.45) is 7.05 Å². The lowest BCUT2D eigenvalue weighted by molar-refractivity contribution is 0.470. The van der Waals surface area contributed by atoms with Crippen LogP contribution in [0.3, 0.4) is 0 Å². The van der Waals surface area contributed by atoms with Crippen molar-refractivity contribution in [2.45, 2.75) is 18.3 Å². The zero-order chi connectivity index (χ0) is 14.6. The number of rotatable bonds is 6. The highest BCUT2D eigenvalue weighted by molar-refractivity contribution is 9.09. The van der Waals surface area contributed by atoms with Gasteiger partial charge in [-0.1, -0.05) is 50.1 Å². The summed E-state index contributed by atoms with van der Waals surface area (Å²) in [4.78, 5) is 0. The van der Waals surface area contributed by atoms with E-state index in [2.05, 4.69) is 37.0 Å². The summed E-state index contributed by atoms with van der Waals surface area (Å²) in [6, 6.07) is 7.02. The molecule has 0 atom stereocenters. The van der Waals surface area contributed by atoms with Crippen molar-refractivity contribution < 1.29 is 4.39 Å². The molecule has 0 spiro atoms. The molecule has 0 saturated carbocycles. The summed E-state index contributed by atoms with van der Waals surface area (Å²) < 4.78 is 15.9. The summed E-state index contributed by atoms with van der Waals surface area (Å²) >= 11 is 7.13. The highest BCUT2D eigenvalue weighted by Crippen LogP contribution is 2.35. The molecule has 1 aromatic carbocycles. The second kappa shape index (κ2) is 6.85. The van der Waals surface area contributed by atoms with Crippen molar-refractivity contribution in [3.63, 3.8) is 0 Å². The van der Waals surface area contributed by atoms with Crippen LogP contribution in [-0.4, -0.2) is 20.4 Å². The van der Waals surface area contributed by atoms with Gasteiger partial charge in [-0.2, -0.15) is 5.10 Å². The van der Waals surface area contributed by atoms with Gasteiger partial charge in [0.1, 0.15) is 5.82 Å². The predicted octanol–water partition coefficient (Wildman–Crippen LogP) is 4.22. The summed E-state index contributed by atoms with van der Waals surface area (Å²) in [5, 5.41) is 5.61. The number of aromatic nitrogens is 2. The van der Waals surface area contributed by atoms with Gasteiger partial charge < -0.3 is 0 Å². The van der Waals surface area contributed by atoms with E-state index in [1.165, 1.54) is 11.6 Å². The van der Waals surface area contributed by atoms with E-state index in [1.54, 1.807) is 10.7 Å². The first-order valence-corrected chi connectivity index (χ1v) is 8.70. The van der Waals surface area contributed by atoms with E-state index in [-0.39, 0.29) is 11.2 Å². The minimum Gasteiger partial charge on any atom is -0.276 e. The monoisotopic (exact) mass is 402 g/mol. The molecule has 2 nitrogen and oxygen atoms in total. The van der Waals surface area contributed by atoms with E-state index < -0.39 is 0 Å². The van der Waals surface area contributed by atoms with E-state index in [9.17, 15) is 4.39 Å². The summed E-state index contributed by atoms with van der Waals surface area (Å²) in [6.07, 6.45) is 5.61. The van der Waals surface area contributed by atoms with E-state index in [0.717, 1.165) is 18.4 Å². The van der Waals surface area contributed by atoms with Crippen molar-refractivity contribution in [2.75, 3.05) is 10.7 Å². The summed E-state index contributed by atoms with van der Waals surface area (Å²) in [6.45, 7) is 0. The Bertz CT molecular complexity index is 565. The Morgan fingerprint density at radius 3 is 2.50 bits per heavy atom. The van der Waals surface area contributed by atoms with Crippen molar-refractivity contribution in [1.29, 1.82) is 0 Å². The normalized spacial score (nSPS) is 11.8. The lowest BCUT2D eigenvalue weighted by Crippen LogP contribution is -2.32. The number of benzene rings is 1. The third-order valence-corrected chi connectivity index (χ3v) is 5.75. The Morgan fingerprint density at radius 1 is 1.25 bits per heavy atom. The molecule has 2 rings (SSSR count). The van der Waals surface area contributed by atoms with E-state index >= 15 is 0 Å². The SMILES string of the molecule is Cn1cc(CCC(CBr)(CBr)c2ccccc2F)cn1. The van der Waals surface area contributed by atoms with Gasteiger partial charge >= 0.3 is 0 Å². The molecule has 0 radical (unpaired) electrons. The van der Waals surface area contributed by atoms with Gasteiger partial charge in [-0.05, 0) is 30.0 Å². The van der Waals surface area contributed by atoms with Crippen LogP contribution in [0.2, 0.25) is 0 Å². The maximum atomic E-state index is 14.1. The van der Waals surface area contributed by atoms with Gasteiger partial charge in [0.15, 0.2) is 0 Å². The van der Waals surface area contributed by atoms with Gasteiger partial charge in [-0.25, -0.2) is 4.39 Å². The molecule has 0 unspecified atom stereocenters. The topological polar surface area (TPSA) is 17.8 Å². The number of nitrogens with zero attached hydrogens (tertiary/aromatic N) is 2. The molecule has 0 bridgehead atoms. The van der Waals surface area contributed by atoms with Crippen LogP contribution in [0.15, 0.2) is 36.7 Å². The van der Waals surface area contributed by atoms with Crippen LogP contribution >= 0.6 is 31.9 Å². The Kier molecular flexibility index (Phi) is 5.38. The average molecular weight is 404 g/mol. The van der Waals surface area contributed by atoms with E-state index in [0.29, 0.717) is 10.7 Å². The number of halogens is 3. The Morgan fingerprint density at radius 2 is 1.95 bits per heavy atom. The Hall–Kier alpha value is -0.680. The first-order valence-electron chi connectivity index (χ1n) is 6.46. The molecule has 0 aliphatic carbocycles. The molecule has 2 aromatic rings. The molecular weight excluding hydrogens is 387 g/mol. The van der Waals surface area contributed by atoms with Crippen LogP contribution in [0.4, 0.5) is 4.39 Å². The Balaban J connectivity index is 2.23. The van der Waals surface area contributed by atoms with Crippen molar-refractivity contribution in [1.82, 2.24) is 9.78 Å². The van der Waals surface area contributed by atoms with Crippen LogP contribution < -0.4 is 0 Å². The fourth-order valence-corrected chi connectivity index (χ4v) is 4.42. The largest absolute Gasteiger partial charge is 0.276 e. The van der Waals surface area contributed by atoms with Gasteiger partial charge in [-0.15, -0.1) is 0 Å². The molecule has 0 amide bonds. The fourth-order valence-electron chi connectivity index (χ4n) is 2.32. The number of alkyl halides is 2. The second-order valence-corrected chi connectivity index (χ2v) is 6.17. The first kappa shape index (κ1) is 15.7. The van der Waals surface area contributed by atoms with Crippen molar-refractivity contribution in [3.05, 3.63) is 53.6 Å². The number of hydrogen-bond donors (Lipinski definition) is 0. The van der Waals surface area contributed by atoms with Crippen LogP contribution in [0.1, 0.15) is 17.5 Å². The van der Waals surface area contributed by atoms with Crippen molar-refractivity contribution >= 4 is 31.9 Å². The molecule has 108 valence electrons. The third kappa shape index (κ3) is 3.31. The van der Waals surface area contributed by atoms with Gasteiger partial charge in [0.05, 0.1) is 6.20 Å². The molecule has 5 heteroatoms. The number of hydrogen-bond acceptors (Lipinski definition) is 1. The summed E-state index contributed by atoms with van der Waals surface area (Å²) in [5.41, 5.74) is 1.69. The maximum absolute atomic E-state index is 14.1.